The van der Waals surface area contributed by atoms with Gasteiger partial charge in [-0.1, -0.05) is 12.1 Å². The number of nitrogens with zero attached hydrogens (tertiary/aromatic N) is 1. The van der Waals surface area contributed by atoms with E-state index in [-0.39, 0.29) is 17.2 Å². The number of hydrogen-bond donors (Lipinski definition) is 1. The van der Waals surface area contributed by atoms with Crippen molar-refractivity contribution in [2.75, 3.05) is 0 Å². The van der Waals surface area contributed by atoms with Gasteiger partial charge in [-0.05, 0) is 34.1 Å². The molecule has 0 aliphatic carbocycles. The molecule has 0 fully saturated rings. The number of para-hydroxylation sites is 1. The summed E-state index contributed by atoms with van der Waals surface area (Å²) in [5.41, 5.74) is -0.607. The Morgan fingerprint density at radius 2 is 1.95 bits per heavy atom. The van der Waals surface area contributed by atoms with Crippen molar-refractivity contribution in [1.29, 1.82) is 0 Å². The molecule has 0 radical (unpaired) electrons. The van der Waals surface area contributed by atoms with Crippen molar-refractivity contribution in [3.8, 4) is 11.6 Å². The van der Waals surface area contributed by atoms with Gasteiger partial charge in [-0.3, -0.25) is 0 Å². The van der Waals surface area contributed by atoms with Crippen LogP contribution in [0.4, 0.5) is 13.2 Å². The third kappa shape index (κ3) is 3.29. The van der Waals surface area contributed by atoms with Crippen LogP contribution >= 0.6 is 15.9 Å². The molecule has 0 unspecified atom stereocenters. The van der Waals surface area contributed by atoms with Gasteiger partial charge in [0.2, 0.25) is 5.88 Å². The van der Waals surface area contributed by atoms with Crippen molar-refractivity contribution >= 4 is 15.9 Å². The summed E-state index contributed by atoms with van der Waals surface area (Å²) in [4.78, 5) is 3.87. The highest BCUT2D eigenvalue weighted by molar-refractivity contribution is 9.10. The van der Waals surface area contributed by atoms with E-state index in [9.17, 15) is 18.3 Å². The number of pyridine rings is 1. The smallest absolute Gasteiger partial charge is 0.419 e. The summed E-state index contributed by atoms with van der Waals surface area (Å²) < 4.78 is 44.3. The number of benzene rings is 1. The van der Waals surface area contributed by atoms with Gasteiger partial charge in [0.05, 0.1) is 12.2 Å². The summed E-state index contributed by atoms with van der Waals surface area (Å²) >= 11 is 3.16. The molecule has 1 aromatic heterocycles. The standard InChI is InChI=1S/C13H9BrF3NO2/c14-9-5-8(7-19)12(18-6-9)20-11-4-2-1-3-10(11)13(15,16)17/h1-6,19H,7H2. The lowest BCUT2D eigenvalue weighted by Gasteiger charge is -2.14. The van der Waals surface area contributed by atoms with E-state index in [1.165, 1.54) is 30.5 Å². The molecule has 2 rings (SSSR count). The second-order valence-corrected chi connectivity index (χ2v) is 4.79. The fourth-order valence-corrected chi connectivity index (χ4v) is 1.95. The highest BCUT2D eigenvalue weighted by Crippen LogP contribution is 2.38. The number of aliphatic hydroxyl groups is 1. The Morgan fingerprint density at radius 3 is 2.60 bits per heavy atom. The van der Waals surface area contributed by atoms with Gasteiger partial charge < -0.3 is 9.84 Å². The van der Waals surface area contributed by atoms with Crippen molar-refractivity contribution in [2.24, 2.45) is 0 Å². The summed E-state index contributed by atoms with van der Waals surface area (Å²) in [6.07, 6.45) is -3.14. The minimum atomic E-state index is -4.52. The molecule has 0 aliphatic heterocycles. The Kier molecular flexibility index (Phi) is 4.29. The molecule has 20 heavy (non-hydrogen) atoms. The summed E-state index contributed by atoms with van der Waals surface area (Å²) in [7, 11) is 0. The molecule has 106 valence electrons. The number of halogens is 4. The molecule has 0 spiro atoms. The Morgan fingerprint density at radius 1 is 1.25 bits per heavy atom. The Bertz CT molecular complexity index is 617. The minimum Gasteiger partial charge on any atom is -0.438 e. The fourth-order valence-electron chi connectivity index (χ4n) is 1.57. The summed E-state index contributed by atoms with van der Waals surface area (Å²) in [6.45, 7) is -0.393. The van der Waals surface area contributed by atoms with E-state index in [0.717, 1.165) is 6.07 Å². The van der Waals surface area contributed by atoms with E-state index in [0.29, 0.717) is 4.47 Å². The number of hydrogen-bond acceptors (Lipinski definition) is 3. The molecule has 0 saturated heterocycles. The second kappa shape index (κ2) is 5.80. The lowest BCUT2D eigenvalue weighted by molar-refractivity contribution is -0.138. The summed E-state index contributed by atoms with van der Waals surface area (Å²) in [5, 5.41) is 9.19. The molecule has 0 bridgehead atoms. The molecule has 7 heteroatoms. The third-order valence-corrected chi connectivity index (χ3v) is 2.90. The molecule has 0 aliphatic rings. The molecular formula is C13H9BrF3NO2. The van der Waals surface area contributed by atoms with Crippen LogP contribution in [-0.4, -0.2) is 10.1 Å². The number of ether oxygens (including phenoxy) is 1. The third-order valence-electron chi connectivity index (χ3n) is 2.46. The first-order valence-corrected chi connectivity index (χ1v) is 6.30. The largest absolute Gasteiger partial charge is 0.438 e. The number of rotatable bonds is 3. The van der Waals surface area contributed by atoms with E-state index in [2.05, 4.69) is 20.9 Å². The van der Waals surface area contributed by atoms with E-state index >= 15 is 0 Å². The van der Waals surface area contributed by atoms with E-state index in [1.54, 1.807) is 0 Å². The highest BCUT2D eigenvalue weighted by atomic mass is 79.9. The van der Waals surface area contributed by atoms with Crippen LogP contribution in [0.25, 0.3) is 0 Å². The average Bonchev–Trinajstić information content (AvgIpc) is 2.40. The molecular weight excluding hydrogens is 339 g/mol. The van der Waals surface area contributed by atoms with Crippen LogP contribution in [-0.2, 0) is 12.8 Å². The predicted octanol–water partition coefficient (Wildman–Crippen LogP) is 4.15. The zero-order valence-electron chi connectivity index (χ0n) is 9.99. The van der Waals surface area contributed by atoms with Gasteiger partial charge in [0, 0.05) is 16.2 Å². The maximum atomic E-state index is 12.8. The summed E-state index contributed by atoms with van der Waals surface area (Å²) in [5.74, 6) is -0.420. The zero-order chi connectivity index (χ0) is 14.8. The second-order valence-electron chi connectivity index (χ2n) is 3.87. The molecule has 1 N–H and O–H groups in total. The van der Waals surface area contributed by atoms with Crippen molar-refractivity contribution < 1.29 is 23.0 Å². The lowest BCUT2D eigenvalue weighted by atomic mass is 10.2. The Balaban J connectivity index is 2.41. The van der Waals surface area contributed by atoms with Gasteiger partial charge in [-0.2, -0.15) is 13.2 Å². The SMILES string of the molecule is OCc1cc(Br)cnc1Oc1ccccc1C(F)(F)F. The zero-order valence-corrected chi connectivity index (χ0v) is 11.6. The van der Waals surface area contributed by atoms with Crippen molar-refractivity contribution in [2.45, 2.75) is 12.8 Å². The predicted molar refractivity (Wildman–Crippen MR) is 69.4 cm³/mol. The first-order valence-electron chi connectivity index (χ1n) is 5.51. The van der Waals surface area contributed by atoms with Gasteiger partial charge in [-0.25, -0.2) is 4.98 Å². The van der Waals surface area contributed by atoms with Gasteiger partial charge in [-0.15, -0.1) is 0 Å². The minimum absolute atomic E-state index is 0.0626. The maximum Gasteiger partial charge on any atom is 0.419 e. The molecule has 0 amide bonds. The molecule has 0 atom stereocenters. The van der Waals surface area contributed by atoms with Crippen molar-refractivity contribution in [3.63, 3.8) is 0 Å². The summed E-state index contributed by atoms with van der Waals surface area (Å²) in [6, 6.07) is 6.36. The Labute approximate surface area is 121 Å². The number of alkyl halides is 3. The van der Waals surface area contributed by atoms with Crippen molar-refractivity contribution in [1.82, 2.24) is 4.98 Å². The maximum absolute atomic E-state index is 12.8. The van der Waals surface area contributed by atoms with Crippen LogP contribution in [0.2, 0.25) is 0 Å². The van der Waals surface area contributed by atoms with Crippen LogP contribution in [0.5, 0.6) is 11.6 Å². The average molecular weight is 348 g/mol. The topological polar surface area (TPSA) is 42.4 Å². The van der Waals surface area contributed by atoms with Gasteiger partial charge in [0.25, 0.3) is 0 Å². The fraction of sp³-hybridized carbons (Fsp3) is 0.154. The van der Waals surface area contributed by atoms with Crippen LogP contribution in [0.1, 0.15) is 11.1 Å². The van der Waals surface area contributed by atoms with Crippen LogP contribution in [0.3, 0.4) is 0 Å². The van der Waals surface area contributed by atoms with Crippen LogP contribution in [0, 0.1) is 0 Å². The first kappa shape index (κ1) is 14.8. The molecule has 1 aromatic carbocycles. The molecule has 1 heterocycles. The van der Waals surface area contributed by atoms with E-state index in [4.69, 9.17) is 4.74 Å². The van der Waals surface area contributed by atoms with E-state index in [1.807, 2.05) is 0 Å². The van der Waals surface area contributed by atoms with E-state index < -0.39 is 18.3 Å². The number of aliphatic hydroxyl groups excluding tert-OH is 1. The molecule has 0 saturated carbocycles. The molecule has 2 aromatic rings. The highest BCUT2D eigenvalue weighted by Gasteiger charge is 2.34. The first-order chi connectivity index (χ1) is 9.41. The molecule has 3 nitrogen and oxygen atoms in total. The monoisotopic (exact) mass is 347 g/mol. The van der Waals surface area contributed by atoms with Crippen LogP contribution < -0.4 is 4.74 Å². The quantitative estimate of drug-likeness (QED) is 0.906. The Hall–Kier alpha value is -1.60. The van der Waals surface area contributed by atoms with Crippen LogP contribution in [0.15, 0.2) is 41.0 Å². The van der Waals surface area contributed by atoms with Crippen molar-refractivity contribution in [3.05, 3.63) is 52.1 Å². The van der Waals surface area contributed by atoms with Gasteiger partial charge in [0.1, 0.15) is 5.75 Å². The van der Waals surface area contributed by atoms with Gasteiger partial charge in [0.15, 0.2) is 0 Å². The van der Waals surface area contributed by atoms with Gasteiger partial charge >= 0.3 is 6.18 Å². The number of aromatic nitrogens is 1. The normalized spacial score (nSPS) is 11.4. The lowest BCUT2D eigenvalue weighted by Crippen LogP contribution is -2.07.